The first-order chi connectivity index (χ1) is 10.1. The van der Waals surface area contributed by atoms with Crippen LogP contribution in [-0.2, 0) is 5.60 Å². The van der Waals surface area contributed by atoms with E-state index < -0.39 is 5.60 Å². The Kier molecular flexibility index (Phi) is 3.86. The zero-order chi connectivity index (χ0) is 14.9. The number of hydrogen-bond donors (Lipinski definition) is 1. The molecule has 1 N–H and O–H groups in total. The molecule has 0 radical (unpaired) electrons. The summed E-state index contributed by atoms with van der Waals surface area (Å²) in [6.07, 6.45) is 3.84. The third-order valence-electron chi connectivity index (χ3n) is 4.97. The Morgan fingerprint density at radius 1 is 0.952 bits per heavy atom. The Bertz CT molecular complexity index is 607. The summed E-state index contributed by atoms with van der Waals surface area (Å²) >= 11 is 0. The molecule has 0 bridgehead atoms. The predicted molar refractivity (Wildman–Crippen MR) is 87.5 cm³/mol. The maximum absolute atomic E-state index is 11.1. The molecule has 0 heterocycles. The van der Waals surface area contributed by atoms with Gasteiger partial charge in [0.15, 0.2) is 0 Å². The Morgan fingerprint density at radius 2 is 1.62 bits per heavy atom. The van der Waals surface area contributed by atoms with Crippen molar-refractivity contribution in [2.24, 2.45) is 0 Å². The smallest absolute Gasteiger partial charge is 0.0899 e. The lowest BCUT2D eigenvalue weighted by Crippen LogP contribution is -2.31. The van der Waals surface area contributed by atoms with Gasteiger partial charge in [-0.05, 0) is 62.1 Å². The topological polar surface area (TPSA) is 20.2 Å². The minimum atomic E-state index is -0.636. The van der Waals surface area contributed by atoms with Crippen molar-refractivity contribution in [3.8, 4) is 0 Å². The van der Waals surface area contributed by atoms with Gasteiger partial charge in [-0.25, -0.2) is 0 Å². The second kappa shape index (κ2) is 5.65. The maximum Gasteiger partial charge on any atom is 0.0899 e. The van der Waals surface area contributed by atoms with Crippen molar-refractivity contribution in [3.63, 3.8) is 0 Å². The normalized spacial score (nSPS) is 25.8. The van der Waals surface area contributed by atoms with E-state index >= 15 is 0 Å². The minimum Gasteiger partial charge on any atom is -0.385 e. The molecule has 1 nitrogen and oxygen atoms in total. The van der Waals surface area contributed by atoms with Crippen molar-refractivity contribution in [1.29, 1.82) is 0 Å². The van der Waals surface area contributed by atoms with Gasteiger partial charge in [0.2, 0.25) is 0 Å². The van der Waals surface area contributed by atoms with Crippen molar-refractivity contribution >= 4 is 0 Å². The molecule has 1 aliphatic carbocycles. The summed E-state index contributed by atoms with van der Waals surface area (Å²) in [7, 11) is 0. The number of hydrogen-bond acceptors (Lipinski definition) is 1. The molecule has 0 aromatic heterocycles. The van der Waals surface area contributed by atoms with Crippen LogP contribution in [0.1, 0.15) is 53.9 Å². The molecule has 3 rings (SSSR count). The molecule has 0 spiro atoms. The van der Waals surface area contributed by atoms with Crippen LogP contribution in [0.5, 0.6) is 0 Å². The molecule has 0 unspecified atom stereocenters. The summed E-state index contributed by atoms with van der Waals surface area (Å²) in [5.74, 6) is 0.595. The standard InChI is InChI=1S/C20H24O/c1-15-8-9-19(16(2)14-15)20(21)12-10-18(11-13-20)17-6-4-3-5-7-17/h3-9,14,18,21H,10-13H2,1-2H3. The molecule has 21 heavy (non-hydrogen) atoms. The van der Waals surface area contributed by atoms with Crippen LogP contribution in [-0.4, -0.2) is 5.11 Å². The lowest BCUT2D eigenvalue weighted by atomic mass is 9.72. The lowest BCUT2D eigenvalue weighted by molar-refractivity contribution is -0.00620. The summed E-state index contributed by atoms with van der Waals surface area (Å²) in [4.78, 5) is 0. The predicted octanol–water partition coefficient (Wildman–Crippen LogP) is 4.85. The monoisotopic (exact) mass is 280 g/mol. The third kappa shape index (κ3) is 2.89. The summed E-state index contributed by atoms with van der Waals surface area (Å²) in [6.45, 7) is 4.22. The Hall–Kier alpha value is -1.60. The largest absolute Gasteiger partial charge is 0.385 e. The van der Waals surface area contributed by atoms with E-state index in [9.17, 15) is 5.11 Å². The highest BCUT2D eigenvalue weighted by Crippen LogP contribution is 2.44. The van der Waals surface area contributed by atoms with E-state index in [1.54, 1.807) is 0 Å². The molecule has 110 valence electrons. The highest BCUT2D eigenvalue weighted by atomic mass is 16.3. The molecule has 0 aliphatic heterocycles. The SMILES string of the molecule is Cc1ccc(C2(O)CCC(c3ccccc3)CC2)c(C)c1. The third-order valence-corrected chi connectivity index (χ3v) is 4.97. The summed E-state index contributed by atoms with van der Waals surface area (Å²) in [5.41, 5.74) is 4.39. The van der Waals surface area contributed by atoms with Crippen LogP contribution in [0.15, 0.2) is 48.5 Å². The molecule has 2 aromatic rings. The van der Waals surface area contributed by atoms with Gasteiger partial charge < -0.3 is 5.11 Å². The summed E-state index contributed by atoms with van der Waals surface area (Å²) < 4.78 is 0. The van der Waals surface area contributed by atoms with E-state index in [-0.39, 0.29) is 0 Å². The molecular formula is C20H24O. The van der Waals surface area contributed by atoms with Crippen LogP contribution in [0.2, 0.25) is 0 Å². The molecule has 1 heteroatoms. The number of aryl methyl sites for hydroxylation is 2. The average molecular weight is 280 g/mol. The Morgan fingerprint density at radius 3 is 2.24 bits per heavy atom. The molecule has 1 aliphatic rings. The maximum atomic E-state index is 11.1. The molecule has 0 saturated heterocycles. The van der Waals surface area contributed by atoms with Gasteiger partial charge in [0.1, 0.15) is 0 Å². The molecule has 0 atom stereocenters. The minimum absolute atomic E-state index is 0.595. The highest BCUT2D eigenvalue weighted by molar-refractivity contribution is 5.35. The van der Waals surface area contributed by atoms with E-state index in [2.05, 4.69) is 62.4 Å². The van der Waals surface area contributed by atoms with E-state index in [1.807, 2.05) is 0 Å². The van der Waals surface area contributed by atoms with Gasteiger partial charge >= 0.3 is 0 Å². The van der Waals surface area contributed by atoms with Crippen molar-refractivity contribution in [3.05, 3.63) is 70.8 Å². The highest BCUT2D eigenvalue weighted by Gasteiger charge is 2.36. The van der Waals surface area contributed by atoms with E-state index in [0.717, 1.165) is 31.2 Å². The average Bonchev–Trinajstić information content (AvgIpc) is 2.48. The molecular weight excluding hydrogens is 256 g/mol. The number of benzene rings is 2. The van der Waals surface area contributed by atoms with Crippen molar-refractivity contribution in [1.82, 2.24) is 0 Å². The van der Waals surface area contributed by atoms with E-state index in [4.69, 9.17) is 0 Å². The second-order valence-electron chi connectivity index (χ2n) is 6.53. The second-order valence-corrected chi connectivity index (χ2v) is 6.53. The molecule has 1 saturated carbocycles. The lowest BCUT2D eigenvalue weighted by Gasteiger charge is -2.37. The fourth-order valence-electron chi connectivity index (χ4n) is 3.76. The number of rotatable bonds is 2. The first kappa shape index (κ1) is 14.3. The molecule has 0 amide bonds. The van der Waals surface area contributed by atoms with Gasteiger partial charge in [-0.1, -0.05) is 54.1 Å². The first-order valence-electron chi connectivity index (χ1n) is 7.93. The fraction of sp³-hybridized carbons (Fsp3) is 0.400. The van der Waals surface area contributed by atoms with Crippen molar-refractivity contribution in [2.45, 2.75) is 51.0 Å². The fourth-order valence-corrected chi connectivity index (χ4v) is 3.76. The van der Waals surface area contributed by atoms with Crippen LogP contribution in [0, 0.1) is 13.8 Å². The zero-order valence-corrected chi connectivity index (χ0v) is 13.0. The Labute approximate surface area is 127 Å². The van der Waals surface area contributed by atoms with Crippen molar-refractivity contribution < 1.29 is 5.11 Å². The van der Waals surface area contributed by atoms with Gasteiger partial charge in [-0.3, -0.25) is 0 Å². The Balaban J connectivity index is 1.78. The summed E-state index contributed by atoms with van der Waals surface area (Å²) in [5, 5.41) is 11.1. The number of aliphatic hydroxyl groups is 1. The van der Waals surface area contributed by atoms with Gasteiger partial charge in [0, 0.05) is 0 Å². The van der Waals surface area contributed by atoms with E-state index in [0.29, 0.717) is 5.92 Å². The first-order valence-corrected chi connectivity index (χ1v) is 7.93. The van der Waals surface area contributed by atoms with Crippen LogP contribution in [0.3, 0.4) is 0 Å². The van der Waals surface area contributed by atoms with Crippen LogP contribution in [0.25, 0.3) is 0 Å². The van der Waals surface area contributed by atoms with E-state index in [1.165, 1.54) is 16.7 Å². The van der Waals surface area contributed by atoms with Gasteiger partial charge in [0.05, 0.1) is 5.60 Å². The zero-order valence-electron chi connectivity index (χ0n) is 13.0. The van der Waals surface area contributed by atoms with Gasteiger partial charge in [0.25, 0.3) is 0 Å². The van der Waals surface area contributed by atoms with Crippen LogP contribution < -0.4 is 0 Å². The van der Waals surface area contributed by atoms with Gasteiger partial charge in [-0.15, -0.1) is 0 Å². The molecule has 2 aromatic carbocycles. The van der Waals surface area contributed by atoms with Crippen molar-refractivity contribution in [2.75, 3.05) is 0 Å². The molecule has 1 fully saturated rings. The van der Waals surface area contributed by atoms with Crippen LogP contribution in [0.4, 0.5) is 0 Å². The van der Waals surface area contributed by atoms with Crippen LogP contribution >= 0.6 is 0 Å². The quantitative estimate of drug-likeness (QED) is 0.833. The summed E-state index contributed by atoms with van der Waals surface area (Å²) in [6, 6.07) is 17.1. The van der Waals surface area contributed by atoms with Gasteiger partial charge in [-0.2, -0.15) is 0 Å².